The molecule has 0 radical (unpaired) electrons. The highest BCUT2D eigenvalue weighted by atomic mass is 28.4. The number of rotatable bonds is 4. The molecule has 1 saturated heterocycles. The monoisotopic (exact) mass is 324 g/mol. The van der Waals surface area contributed by atoms with Gasteiger partial charge in [0.2, 0.25) is 0 Å². The Balaban J connectivity index is 1.91. The van der Waals surface area contributed by atoms with E-state index in [2.05, 4.69) is 40.1 Å². The van der Waals surface area contributed by atoms with E-state index in [9.17, 15) is 0 Å². The van der Waals surface area contributed by atoms with Crippen LogP contribution in [0, 0.1) is 23.2 Å². The van der Waals surface area contributed by atoms with Gasteiger partial charge in [0, 0.05) is 11.3 Å². The van der Waals surface area contributed by atoms with E-state index in [1.54, 1.807) is 0 Å². The normalized spacial score (nSPS) is 43.7. The van der Waals surface area contributed by atoms with Crippen LogP contribution in [0.15, 0.2) is 12.7 Å². The molecule has 2 saturated carbocycles. The van der Waals surface area contributed by atoms with Crippen molar-refractivity contribution in [2.24, 2.45) is 23.2 Å². The molecule has 0 unspecified atom stereocenters. The molecule has 22 heavy (non-hydrogen) atoms. The van der Waals surface area contributed by atoms with E-state index in [4.69, 9.17) is 13.9 Å². The second-order valence-corrected chi connectivity index (χ2v) is 13.3. The number of hydrogen-bond acceptors (Lipinski definition) is 3. The highest BCUT2D eigenvalue weighted by Crippen LogP contribution is 2.65. The molecule has 0 aromatic heterocycles. The molecule has 1 heterocycles. The minimum absolute atomic E-state index is 0.0295. The zero-order valence-electron chi connectivity index (χ0n) is 14.9. The van der Waals surface area contributed by atoms with Gasteiger partial charge in [-0.05, 0) is 50.7 Å². The molecule has 0 aromatic carbocycles. The van der Waals surface area contributed by atoms with Crippen molar-refractivity contribution in [3.8, 4) is 0 Å². The van der Waals surface area contributed by atoms with Gasteiger partial charge in [0.15, 0.2) is 14.1 Å². The Labute approximate surface area is 136 Å². The van der Waals surface area contributed by atoms with Crippen molar-refractivity contribution < 1.29 is 13.9 Å². The number of ether oxygens (including phenoxy) is 2. The van der Waals surface area contributed by atoms with Gasteiger partial charge in [0.1, 0.15) is 0 Å². The lowest BCUT2D eigenvalue weighted by Gasteiger charge is -2.42. The standard InChI is InChI=1S/C18H32O3Si/c1-7-8-17(3)12-14-15(18(17)19-9-10-20-18)11-13(2)16(14)21-22(4,5)6/h7,13-16H,1,8-12H2,2-6H3/t13-,14+,15+,16+,17+/m0/s1. The van der Waals surface area contributed by atoms with Crippen LogP contribution in [0.25, 0.3) is 0 Å². The summed E-state index contributed by atoms with van der Waals surface area (Å²) in [5.41, 5.74) is 0.0295. The summed E-state index contributed by atoms with van der Waals surface area (Å²) < 4.78 is 19.2. The molecule has 3 rings (SSSR count). The highest BCUT2D eigenvalue weighted by Gasteiger charge is 2.69. The van der Waals surface area contributed by atoms with Crippen molar-refractivity contribution in [2.45, 2.75) is 64.6 Å². The second-order valence-electron chi connectivity index (χ2n) is 8.80. The summed E-state index contributed by atoms with van der Waals surface area (Å²) in [7, 11) is -1.54. The molecule has 2 aliphatic carbocycles. The van der Waals surface area contributed by atoms with Crippen LogP contribution in [0.1, 0.15) is 33.1 Å². The van der Waals surface area contributed by atoms with Crippen LogP contribution in [-0.2, 0) is 13.9 Å². The Bertz CT molecular complexity index is 438. The van der Waals surface area contributed by atoms with Crippen molar-refractivity contribution >= 4 is 8.32 Å². The van der Waals surface area contributed by atoms with E-state index in [-0.39, 0.29) is 5.41 Å². The zero-order chi connectivity index (χ0) is 16.2. The van der Waals surface area contributed by atoms with Gasteiger partial charge in [-0.15, -0.1) is 6.58 Å². The topological polar surface area (TPSA) is 27.7 Å². The lowest BCUT2D eigenvalue weighted by atomic mass is 9.76. The fourth-order valence-corrected chi connectivity index (χ4v) is 6.54. The molecular formula is C18H32O3Si. The van der Waals surface area contributed by atoms with Gasteiger partial charge in [-0.25, -0.2) is 0 Å². The summed E-state index contributed by atoms with van der Waals surface area (Å²) >= 11 is 0. The Morgan fingerprint density at radius 1 is 1.27 bits per heavy atom. The van der Waals surface area contributed by atoms with Gasteiger partial charge in [0.25, 0.3) is 0 Å². The van der Waals surface area contributed by atoms with E-state index in [0.29, 0.717) is 23.9 Å². The van der Waals surface area contributed by atoms with Gasteiger partial charge < -0.3 is 13.9 Å². The lowest BCUT2D eigenvalue weighted by Crippen LogP contribution is -2.47. The number of hydrogen-bond donors (Lipinski definition) is 0. The number of fused-ring (bicyclic) bond motifs is 2. The summed E-state index contributed by atoms with van der Waals surface area (Å²) in [5, 5.41) is 0. The fourth-order valence-electron chi connectivity index (χ4n) is 5.31. The average Bonchev–Trinajstić information content (AvgIpc) is 3.03. The van der Waals surface area contributed by atoms with Crippen molar-refractivity contribution in [2.75, 3.05) is 13.2 Å². The molecule has 126 valence electrons. The van der Waals surface area contributed by atoms with Gasteiger partial charge >= 0.3 is 0 Å². The first-order valence-electron chi connectivity index (χ1n) is 8.79. The van der Waals surface area contributed by atoms with E-state index in [1.807, 2.05) is 6.08 Å². The molecule has 3 aliphatic rings. The first-order chi connectivity index (χ1) is 10.2. The molecule has 3 fully saturated rings. The third-order valence-electron chi connectivity index (χ3n) is 5.94. The van der Waals surface area contributed by atoms with Crippen molar-refractivity contribution in [3.63, 3.8) is 0 Å². The molecule has 0 N–H and O–H groups in total. The maximum absolute atomic E-state index is 6.60. The average molecular weight is 325 g/mol. The van der Waals surface area contributed by atoms with Crippen molar-refractivity contribution in [1.82, 2.24) is 0 Å². The Morgan fingerprint density at radius 2 is 1.91 bits per heavy atom. The number of allylic oxidation sites excluding steroid dienone is 1. The first kappa shape index (κ1) is 16.7. The highest BCUT2D eigenvalue weighted by molar-refractivity contribution is 6.69. The molecule has 3 nitrogen and oxygen atoms in total. The summed E-state index contributed by atoms with van der Waals surface area (Å²) in [6.45, 7) is 17.0. The maximum atomic E-state index is 6.60. The minimum Gasteiger partial charge on any atom is -0.414 e. The summed E-state index contributed by atoms with van der Waals surface area (Å²) in [6, 6.07) is 0. The molecule has 0 bridgehead atoms. The molecule has 4 heteroatoms. The molecule has 1 spiro atoms. The maximum Gasteiger partial charge on any atom is 0.184 e. The Hall–Kier alpha value is -0.163. The Kier molecular flexibility index (Phi) is 4.12. The van der Waals surface area contributed by atoms with E-state index < -0.39 is 14.1 Å². The van der Waals surface area contributed by atoms with Crippen LogP contribution in [-0.4, -0.2) is 33.4 Å². The zero-order valence-corrected chi connectivity index (χ0v) is 15.9. The Morgan fingerprint density at radius 3 is 2.45 bits per heavy atom. The lowest BCUT2D eigenvalue weighted by molar-refractivity contribution is -0.242. The third kappa shape index (κ3) is 2.43. The predicted molar refractivity (Wildman–Crippen MR) is 91.2 cm³/mol. The molecular weight excluding hydrogens is 292 g/mol. The summed E-state index contributed by atoms with van der Waals surface area (Å²) in [5.74, 6) is 1.22. The predicted octanol–water partition coefficient (Wildman–Crippen LogP) is 4.21. The van der Waals surface area contributed by atoms with Crippen LogP contribution in [0.2, 0.25) is 19.6 Å². The first-order valence-corrected chi connectivity index (χ1v) is 12.2. The van der Waals surface area contributed by atoms with E-state index in [0.717, 1.165) is 32.5 Å². The smallest absolute Gasteiger partial charge is 0.184 e. The molecule has 0 aromatic rings. The quantitative estimate of drug-likeness (QED) is 0.573. The summed E-state index contributed by atoms with van der Waals surface area (Å²) in [4.78, 5) is 0. The molecule has 0 amide bonds. The van der Waals surface area contributed by atoms with Gasteiger partial charge in [-0.2, -0.15) is 0 Å². The molecule has 1 aliphatic heterocycles. The van der Waals surface area contributed by atoms with Crippen LogP contribution in [0.3, 0.4) is 0 Å². The van der Waals surface area contributed by atoms with Crippen molar-refractivity contribution in [1.29, 1.82) is 0 Å². The van der Waals surface area contributed by atoms with E-state index in [1.165, 1.54) is 0 Å². The summed E-state index contributed by atoms with van der Waals surface area (Å²) in [6.07, 6.45) is 5.64. The van der Waals surface area contributed by atoms with Gasteiger partial charge in [0.05, 0.1) is 19.3 Å². The third-order valence-corrected chi connectivity index (χ3v) is 6.92. The van der Waals surface area contributed by atoms with Crippen LogP contribution in [0.5, 0.6) is 0 Å². The van der Waals surface area contributed by atoms with E-state index >= 15 is 0 Å². The minimum atomic E-state index is -1.54. The second kappa shape index (κ2) is 5.44. The molecule has 5 atom stereocenters. The largest absolute Gasteiger partial charge is 0.414 e. The fraction of sp³-hybridized carbons (Fsp3) is 0.889. The van der Waals surface area contributed by atoms with Crippen molar-refractivity contribution in [3.05, 3.63) is 12.7 Å². The van der Waals surface area contributed by atoms with Gasteiger partial charge in [-0.1, -0.05) is 19.9 Å². The van der Waals surface area contributed by atoms with Crippen LogP contribution in [0.4, 0.5) is 0 Å². The van der Waals surface area contributed by atoms with Crippen LogP contribution < -0.4 is 0 Å². The van der Waals surface area contributed by atoms with Crippen LogP contribution >= 0.6 is 0 Å². The SMILES string of the molecule is C=CC[C@]1(C)C[C@H]2[C@H](O[Si](C)(C)C)[C@@H](C)C[C@H]2C12OCCO2. The van der Waals surface area contributed by atoms with Gasteiger partial charge in [-0.3, -0.25) is 0 Å².